The summed E-state index contributed by atoms with van der Waals surface area (Å²) in [6.07, 6.45) is -4.28. The van der Waals surface area contributed by atoms with E-state index in [1.54, 1.807) is 0 Å². The molecule has 2 aromatic carbocycles. The minimum atomic E-state index is -2.94. The molecule has 0 aliphatic heterocycles. The van der Waals surface area contributed by atoms with Crippen molar-refractivity contribution in [3.8, 4) is 34.5 Å². The Hall–Kier alpha value is -4.49. The number of aliphatic hydroxyl groups excluding tert-OH is 2. The van der Waals surface area contributed by atoms with E-state index in [9.17, 15) is 60.3 Å². The van der Waals surface area contributed by atoms with E-state index in [4.69, 9.17) is 4.74 Å². The van der Waals surface area contributed by atoms with Gasteiger partial charge in [-0.15, -0.1) is 0 Å². The van der Waals surface area contributed by atoms with Gasteiger partial charge in [0.25, 0.3) is 0 Å². The van der Waals surface area contributed by atoms with E-state index in [2.05, 4.69) is 0 Å². The lowest BCUT2D eigenvalue weighted by molar-refractivity contribution is -0.135. The molecule has 0 bridgehead atoms. The van der Waals surface area contributed by atoms with Crippen LogP contribution in [0.3, 0.4) is 0 Å². The van der Waals surface area contributed by atoms with Crippen LogP contribution < -0.4 is 0 Å². The van der Waals surface area contributed by atoms with Crippen LogP contribution in [0.4, 0.5) is 0 Å². The van der Waals surface area contributed by atoms with Crippen molar-refractivity contribution in [3.05, 3.63) is 47.0 Å². The molecule has 180 valence electrons. The summed E-state index contributed by atoms with van der Waals surface area (Å²) < 4.78 is 5.14. The standard InChI is InChI=1S/C21H18O13/c22-10-1-7(2-11(23)15(10)27)17(29)21(6-9(19(31)32)5-14(26)18(21)30)34-20(33)8-3-12(24)16(28)13(25)4-8/h1-4,6,14,18,22-28,30H,5H2,(H,31,32). The van der Waals surface area contributed by atoms with Crippen molar-refractivity contribution < 1.29 is 65.1 Å². The molecule has 0 aromatic heterocycles. The maximum Gasteiger partial charge on any atom is 0.339 e. The summed E-state index contributed by atoms with van der Waals surface area (Å²) in [4.78, 5) is 37.8. The molecule has 3 rings (SSSR count). The predicted molar refractivity (Wildman–Crippen MR) is 108 cm³/mol. The summed E-state index contributed by atoms with van der Waals surface area (Å²) in [5.41, 5.74) is -4.89. The van der Waals surface area contributed by atoms with Gasteiger partial charge in [-0.05, 0) is 30.3 Å². The molecule has 0 fully saturated rings. The van der Waals surface area contributed by atoms with Crippen LogP contribution in [0.1, 0.15) is 27.1 Å². The second-order valence-corrected chi connectivity index (χ2v) is 7.43. The first-order valence-corrected chi connectivity index (χ1v) is 9.37. The summed E-state index contributed by atoms with van der Waals surface area (Å²) in [5.74, 6) is -10.4. The molecule has 0 saturated carbocycles. The van der Waals surface area contributed by atoms with Crippen molar-refractivity contribution in [2.75, 3.05) is 0 Å². The number of phenolic OH excluding ortho intramolecular Hbond substituents is 6. The molecule has 1 aliphatic rings. The van der Waals surface area contributed by atoms with E-state index in [0.29, 0.717) is 30.3 Å². The minimum absolute atomic E-state index is 0.564. The van der Waals surface area contributed by atoms with Crippen LogP contribution in [0.15, 0.2) is 35.9 Å². The van der Waals surface area contributed by atoms with Crippen LogP contribution >= 0.6 is 0 Å². The second kappa shape index (κ2) is 8.46. The highest BCUT2D eigenvalue weighted by atomic mass is 16.6. The highest BCUT2D eigenvalue weighted by molar-refractivity contribution is 6.08. The van der Waals surface area contributed by atoms with Gasteiger partial charge in [-0.1, -0.05) is 0 Å². The Bertz CT molecular complexity index is 1190. The number of carbonyl (C=O) groups excluding carboxylic acids is 2. The number of Topliss-reactive ketones (excluding diaryl/α,β-unsaturated/α-hetero) is 1. The number of ether oxygens (including phenoxy) is 1. The fraction of sp³-hybridized carbons (Fsp3) is 0.190. The van der Waals surface area contributed by atoms with Gasteiger partial charge in [0.1, 0.15) is 6.10 Å². The van der Waals surface area contributed by atoms with Gasteiger partial charge in [0.2, 0.25) is 11.4 Å². The molecule has 2 aromatic rings. The largest absolute Gasteiger partial charge is 0.504 e. The summed E-state index contributed by atoms with van der Waals surface area (Å²) in [5, 5.41) is 88.0. The second-order valence-electron chi connectivity index (χ2n) is 7.43. The SMILES string of the molecule is O=C(O)C1=CC(OC(=O)c2cc(O)c(O)c(O)c2)(C(=O)c2cc(O)c(O)c(O)c2)C(O)C(O)C1. The number of hydrogen-bond donors (Lipinski definition) is 9. The molecule has 34 heavy (non-hydrogen) atoms. The van der Waals surface area contributed by atoms with E-state index in [0.717, 1.165) is 0 Å². The van der Waals surface area contributed by atoms with Crippen LogP contribution in [0.25, 0.3) is 0 Å². The summed E-state index contributed by atoms with van der Waals surface area (Å²) in [6, 6.07) is 2.54. The van der Waals surface area contributed by atoms with Gasteiger partial charge < -0.3 is 50.7 Å². The van der Waals surface area contributed by atoms with Crippen LogP contribution in [-0.2, 0) is 9.53 Å². The van der Waals surface area contributed by atoms with Crippen molar-refractivity contribution in [2.45, 2.75) is 24.2 Å². The van der Waals surface area contributed by atoms with Gasteiger partial charge in [-0.3, -0.25) is 4.79 Å². The number of aromatic hydroxyl groups is 6. The average molecular weight is 478 g/mol. The van der Waals surface area contributed by atoms with Gasteiger partial charge in [-0.25, -0.2) is 9.59 Å². The molecule has 1 aliphatic carbocycles. The summed E-state index contributed by atoms with van der Waals surface area (Å²) in [6.45, 7) is 0. The fourth-order valence-electron chi connectivity index (χ4n) is 3.41. The average Bonchev–Trinajstić information content (AvgIpc) is 2.77. The minimum Gasteiger partial charge on any atom is -0.504 e. The van der Waals surface area contributed by atoms with Gasteiger partial charge >= 0.3 is 11.9 Å². The number of aliphatic hydroxyl groups is 2. The van der Waals surface area contributed by atoms with E-state index in [1.165, 1.54) is 0 Å². The van der Waals surface area contributed by atoms with E-state index in [1.807, 2.05) is 0 Å². The topological polar surface area (TPSA) is 243 Å². The third-order valence-corrected chi connectivity index (χ3v) is 5.15. The van der Waals surface area contributed by atoms with Crippen LogP contribution in [0.2, 0.25) is 0 Å². The molecule has 0 radical (unpaired) electrons. The number of ketones is 1. The number of carboxylic acids is 1. The Kier molecular flexibility index (Phi) is 6.01. The van der Waals surface area contributed by atoms with Crippen molar-refractivity contribution in [2.24, 2.45) is 0 Å². The van der Waals surface area contributed by atoms with E-state index >= 15 is 0 Å². The monoisotopic (exact) mass is 478 g/mol. The molecule has 0 heterocycles. The zero-order valence-electron chi connectivity index (χ0n) is 16.9. The van der Waals surface area contributed by atoms with Crippen molar-refractivity contribution in [3.63, 3.8) is 0 Å². The fourth-order valence-corrected chi connectivity index (χ4v) is 3.41. The molecular weight excluding hydrogens is 460 g/mol. The van der Waals surface area contributed by atoms with E-state index in [-0.39, 0.29) is 0 Å². The Morgan fingerprint density at radius 2 is 1.24 bits per heavy atom. The zero-order chi connectivity index (χ0) is 25.5. The third kappa shape index (κ3) is 4.00. The van der Waals surface area contributed by atoms with Crippen molar-refractivity contribution in [1.82, 2.24) is 0 Å². The molecule has 3 unspecified atom stereocenters. The highest BCUT2D eigenvalue weighted by Gasteiger charge is 2.54. The molecule has 0 saturated heterocycles. The summed E-state index contributed by atoms with van der Waals surface area (Å²) >= 11 is 0. The van der Waals surface area contributed by atoms with Gasteiger partial charge in [0, 0.05) is 17.6 Å². The lowest BCUT2D eigenvalue weighted by Crippen LogP contribution is -2.58. The Balaban J connectivity index is 2.20. The Labute approximate surface area is 189 Å². The number of phenols is 6. The number of carboxylic acid groups (broad SMARTS) is 1. The zero-order valence-corrected chi connectivity index (χ0v) is 16.9. The number of benzene rings is 2. The maximum atomic E-state index is 13.4. The highest BCUT2D eigenvalue weighted by Crippen LogP contribution is 2.41. The van der Waals surface area contributed by atoms with Gasteiger partial charge in [0.15, 0.2) is 34.5 Å². The predicted octanol–water partition coefficient (Wildman–Crippen LogP) is -0.165. The number of aliphatic carboxylic acids is 1. The number of rotatable bonds is 5. The molecule has 0 amide bonds. The lowest BCUT2D eigenvalue weighted by atomic mass is 9.77. The van der Waals surface area contributed by atoms with Crippen molar-refractivity contribution in [1.29, 1.82) is 0 Å². The van der Waals surface area contributed by atoms with Crippen LogP contribution in [-0.4, -0.2) is 81.5 Å². The maximum absolute atomic E-state index is 13.4. The third-order valence-electron chi connectivity index (χ3n) is 5.15. The molecule has 3 atom stereocenters. The Morgan fingerprint density at radius 1 is 0.794 bits per heavy atom. The first kappa shape index (κ1) is 24.2. The smallest absolute Gasteiger partial charge is 0.339 e. The quantitative estimate of drug-likeness (QED) is 0.154. The normalized spacial score (nSPS) is 22.0. The van der Waals surface area contributed by atoms with Gasteiger partial charge in [-0.2, -0.15) is 0 Å². The number of hydrogen-bond acceptors (Lipinski definition) is 12. The van der Waals surface area contributed by atoms with Crippen LogP contribution in [0, 0.1) is 0 Å². The lowest BCUT2D eigenvalue weighted by Gasteiger charge is -2.39. The van der Waals surface area contributed by atoms with Crippen LogP contribution in [0.5, 0.6) is 34.5 Å². The summed E-state index contributed by atoms with van der Waals surface area (Å²) in [7, 11) is 0. The molecule has 9 N–H and O–H groups in total. The molecule has 13 heteroatoms. The van der Waals surface area contributed by atoms with E-state index < -0.39 is 93.1 Å². The molecular formula is C21H18O13. The van der Waals surface area contributed by atoms with Gasteiger partial charge in [0.05, 0.1) is 11.7 Å². The number of esters is 1. The molecule has 13 nitrogen and oxygen atoms in total. The van der Waals surface area contributed by atoms with Crippen molar-refractivity contribution >= 4 is 17.7 Å². The number of carbonyl (C=O) groups is 3. The first-order valence-electron chi connectivity index (χ1n) is 9.37. The first-order chi connectivity index (χ1) is 15.8. The molecule has 0 spiro atoms. The Morgan fingerprint density at radius 3 is 1.68 bits per heavy atom.